The molecule has 4 nitrogen and oxygen atoms in total. The molecule has 0 aromatic carbocycles. The lowest BCUT2D eigenvalue weighted by molar-refractivity contribution is -0.132. The van der Waals surface area contributed by atoms with Crippen molar-refractivity contribution in [3.05, 3.63) is 0 Å². The number of nitrogens with one attached hydrogen (secondary N) is 1. The van der Waals surface area contributed by atoms with Gasteiger partial charge in [0.05, 0.1) is 0 Å². The molecule has 0 aliphatic heterocycles. The Balaban J connectivity index is 4.06. The first kappa shape index (κ1) is 10.9. The maximum Gasteiger partial charge on any atom is 0.408 e. The number of rotatable bonds is 3. The van der Waals surface area contributed by atoms with Crippen molar-refractivity contribution < 1.29 is 14.3 Å². The summed E-state index contributed by atoms with van der Waals surface area (Å²) in [5.41, 5.74) is -1.03. The summed E-state index contributed by atoms with van der Waals surface area (Å²) in [6.45, 7) is 6.78. The molecule has 12 heavy (non-hydrogen) atoms. The van der Waals surface area contributed by atoms with Crippen LogP contribution in [-0.4, -0.2) is 24.0 Å². The van der Waals surface area contributed by atoms with Crippen molar-refractivity contribution in [2.45, 2.75) is 33.3 Å². The molecule has 0 saturated heterocycles. The fraction of sp³-hybridized carbons (Fsp3) is 0.750. The zero-order valence-corrected chi connectivity index (χ0v) is 7.93. The van der Waals surface area contributed by atoms with Crippen molar-refractivity contribution in [2.75, 3.05) is 6.54 Å². The fourth-order valence-corrected chi connectivity index (χ4v) is 0.484. The summed E-state index contributed by atoms with van der Waals surface area (Å²) in [5, 5.41) is 2.44. The number of carbonyl (C=O) groups is 2. The first-order valence-corrected chi connectivity index (χ1v) is 3.88. The molecule has 0 saturated carbocycles. The number of ketones is 1. The van der Waals surface area contributed by atoms with Crippen LogP contribution in [0.2, 0.25) is 0 Å². The van der Waals surface area contributed by atoms with Gasteiger partial charge in [0.2, 0.25) is 0 Å². The Hall–Kier alpha value is -1.06. The van der Waals surface area contributed by atoms with Crippen LogP contribution in [0.3, 0.4) is 0 Å². The second kappa shape index (κ2) is 4.09. The highest BCUT2D eigenvalue weighted by atomic mass is 16.6. The van der Waals surface area contributed by atoms with Crippen molar-refractivity contribution in [2.24, 2.45) is 0 Å². The van der Waals surface area contributed by atoms with Gasteiger partial charge in [0.1, 0.15) is 0 Å². The van der Waals surface area contributed by atoms with Crippen molar-refractivity contribution in [1.82, 2.24) is 5.32 Å². The van der Waals surface area contributed by atoms with Gasteiger partial charge in [0, 0.05) is 6.54 Å². The number of hydrogen-bond acceptors (Lipinski definition) is 3. The van der Waals surface area contributed by atoms with Crippen LogP contribution in [-0.2, 0) is 9.53 Å². The van der Waals surface area contributed by atoms with Gasteiger partial charge in [0.15, 0.2) is 11.4 Å². The summed E-state index contributed by atoms with van der Waals surface area (Å²) in [4.78, 5) is 21.8. The molecule has 0 atom stereocenters. The lowest BCUT2D eigenvalue weighted by Crippen LogP contribution is -2.39. The molecule has 0 radical (unpaired) electrons. The third-order valence-corrected chi connectivity index (χ3v) is 1.52. The van der Waals surface area contributed by atoms with Crippen molar-refractivity contribution >= 4 is 11.9 Å². The molecule has 0 rings (SSSR count). The largest absolute Gasteiger partial charge is 0.436 e. The van der Waals surface area contributed by atoms with Gasteiger partial charge >= 0.3 is 6.09 Å². The van der Waals surface area contributed by atoms with Crippen LogP contribution in [0.1, 0.15) is 27.7 Å². The molecule has 1 N–H and O–H groups in total. The van der Waals surface area contributed by atoms with Crippen LogP contribution in [0.25, 0.3) is 0 Å². The van der Waals surface area contributed by atoms with Gasteiger partial charge in [-0.05, 0) is 27.7 Å². The van der Waals surface area contributed by atoms with E-state index in [0.717, 1.165) is 0 Å². The molecular weight excluding hydrogens is 158 g/mol. The average molecular weight is 173 g/mol. The first-order chi connectivity index (χ1) is 5.40. The lowest BCUT2D eigenvalue weighted by Gasteiger charge is -2.21. The Morgan fingerprint density at radius 1 is 1.42 bits per heavy atom. The molecule has 1 amide bonds. The molecule has 0 aliphatic rings. The number of Topliss-reactive ketones (excluding diaryl/α,β-unsaturated/α-hetero) is 1. The van der Waals surface area contributed by atoms with E-state index in [1.54, 1.807) is 20.8 Å². The number of ether oxygens (including phenoxy) is 1. The third kappa shape index (κ3) is 3.37. The second-order valence-electron chi connectivity index (χ2n) is 2.99. The van der Waals surface area contributed by atoms with Crippen LogP contribution in [0.4, 0.5) is 4.79 Å². The second-order valence-corrected chi connectivity index (χ2v) is 2.99. The van der Waals surface area contributed by atoms with Gasteiger partial charge in [-0.2, -0.15) is 0 Å². The SMILES string of the molecule is CCNC(=O)OC(C)(C)C(C)=O. The zero-order chi connectivity index (χ0) is 9.78. The topological polar surface area (TPSA) is 55.4 Å². The molecule has 0 aromatic rings. The predicted octanol–water partition coefficient (Wildman–Crippen LogP) is 1.10. The minimum absolute atomic E-state index is 0.172. The van der Waals surface area contributed by atoms with Crippen LogP contribution >= 0.6 is 0 Å². The molecule has 0 fully saturated rings. The maximum absolute atomic E-state index is 10.9. The van der Waals surface area contributed by atoms with Gasteiger partial charge < -0.3 is 10.1 Å². The van der Waals surface area contributed by atoms with E-state index < -0.39 is 11.7 Å². The summed E-state index contributed by atoms with van der Waals surface area (Å²) < 4.78 is 4.84. The minimum atomic E-state index is -1.03. The zero-order valence-electron chi connectivity index (χ0n) is 7.93. The van der Waals surface area contributed by atoms with E-state index in [9.17, 15) is 9.59 Å². The van der Waals surface area contributed by atoms with E-state index in [0.29, 0.717) is 6.54 Å². The molecule has 0 aliphatic carbocycles. The number of carbonyl (C=O) groups excluding carboxylic acids is 2. The Labute approximate surface area is 72.3 Å². The molecule has 70 valence electrons. The van der Waals surface area contributed by atoms with E-state index in [4.69, 9.17) is 4.74 Å². The molecule has 4 heteroatoms. The molecule has 0 heterocycles. The van der Waals surface area contributed by atoms with Crippen molar-refractivity contribution in [3.8, 4) is 0 Å². The highest BCUT2D eigenvalue weighted by Gasteiger charge is 2.27. The number of alkyl carbamates (subject to hydrolysis) is 1. The van der Waals surface area contributed by atoms with Gasteiger partial charge in [-0.25, -0.2) is 4.79 Å². The van der Waals surface area contributed by atoms with E-state index >= 15 is 0 Å². The van der Waals surface area contributed by atoms with Crippen LogP contribution in [0, 0.1) is 0 Å². The quantitative estimate of drug-likeness (QED) is 0.695. The average Bonchev–Trinajstić information content (AvgIpc) is 1.85. The summed E-state index contributed by atoms with van der Waals surface area (Å²) in [6, 6.07) is 0. The summed E-state index contributed by atoms with van der Waals surface area (Å²) in [5.74, 6) is -0.172. The fourth-order valence-electron chi connectivity index (χ4n) is 0.484. The number of hydrogen-bond donors (Lipinski definition) is 1. The Bertz CT molecular complexity index is 187. The standard InChI is InChI=1S/C8H15NO3/c1-5-9-7(11)12-8(3,4)6(2)10/h5H2,1-4H3,(H,9,11). The third-order valence-electron chi connectivity index (χ3n) is 1.52. The lowest BCUT2D eigenvalue weighted by atomic mass is 10.1. The highest BCUT2D eigenvalue weighted by molar-refractivity contribution is 5.86. The monoisotopic (exact) mass is 173 g/mol. The smallest absolute Gasteiger partial charge is 0.408 e. The van der Waals surface area contributed by atoms with Gasteiger partial charge in [-0.1, -0.05) is 0 Å². The predicted molar refractivity (Wildman–Crippen MR) is 44.9 cm³/mol. The van der Waals surface area contributed by atoms with Crippen molar-refractivity contribution in [3.63, 3.8) is 0 Å². The minimum Gasteiger partial charge on any atom is -0.436 e. The molecule has 0 spiro atoms. The molecule has 0 unspecified atom stereocenters. The van der Waals surface area contributed by atoms with Crippen LogP contribution in [0.15, 0.2) is 0 Å². The Morgan fingerprint density at radius 2 is 1.92 bits per heavy atom. The maximum atomic E-state index is 10.9. The van der Waals surface area contributed by atoms with Crippen LogP contribution in [0.5, 0.6) is 0 Å². The first-order valence-electron chi connectivity index (χ1n) is 3.88. The Kier molecular flexibility index (Phi) is 3.73. The Morgan fingerprint density at radius 3 is 2.25 bits per heavy atom. The van der Waals surface area contributed by atoms with Gasteiger partial charge in [-0.15, -0.1) is 0 Å². The highest BCUT2D eigenvalue weighted by Crippen LogP contribution is 2.09. The summed E-state index contributed by atoms with van der Waals surface area (Å²) in [6.07, 6.45) is -0.558. The van der Waals surface area contributed by atoms with Crippen LogP contribution < -0.4 is 5.32 Å². The van der Waals surface area contributed by atoms with Crippen molar-refractivity contribution in [1.29, 1.82) is 0 Å². The molecule has 0 bridgehead atoms. The summed E-state index contributed by atoms with van der Waals surface area (Å²) >= 11 is 0. The summed E-state index contributed by atoms with van der Waals surface area (Å²) in [7, 11) is 0. The normalized spacial score (nSPS) is 10.7. The van der Waals surface area contributed by atoms with Gasteiger partial charge in [0.25, 0.3) is 0 Å². The number of amides is 1. The van der Waals surface area contributed by atoms with E-state index in [1.807, 2.05) is 0 Å². The van der Waals surface area contributed by atoms with Gasteiger partial charge in [-0.3, -0.25) is 4.79 Å². The van der Waals surface area contributed by atoms with E-state index in [2.05, 4.69) is 5.32 Å². The van der Waals surface area contributed by atoms with E-state index in [1.165, 1.54) is 6.92 Å². The molecular formula is C8H15NO3. The van der Waals surface area contributed by atoms with E-state index in [-0.39, 0.29) is 5.78 Å². The molecule has 0 aromatic heterocycles.